The summed E-state index contributed by atoms with van der Waals surface area (Å²) < 4.78 is 53.1. The number of carbonyl (C=O) groups excluding carboxylic acids is 1. The van der Waals surface area contributed by atoms with Gasteiger partial charge in [-0.15, -0.1) is 16.9 Å². The summed E-state index contributed by atoms with van der Waals surface area (Å²) in [7, 11) is 8.91. The smallest absolute Gasteiger partial charge is 0.311 e. The second-order valence-electron chi connectivity index (χ2n) is 19.6. The molecule has 5 rings (SSSR count). The zero-order chi connectivity index (χ0) is 48.0. The van der Waals surface area contributed by atoms with E-state index in [-0.39, 0.29) is 43.6 Å². The Bertz CT molecular complexity index is 1780. The average molecular weight is 938 g/mol. The van der Waals surface area contributed by atoms with E-state index in [1.165, 1.54) is 0 Å². The van der Waals surface area contributed by atoms with Crippen molar-refractivity contribution >= 4 is 17.7 Å². The highest BCUT2D eigenvalue weighted by molar-refractivity contribution is 7.98. The maximum absolute atomic E-state index is 14.7. The number of methoxy groups -OCH3 is 2. The largest absolute Gasteiger partial charge is 0.458 e. The van der Waals surface area contributed by atoms with Crippen LogP contribution in [0.2, 0.25) is 0 Å². The molecule has 0 unspecified atom stereocenters. The van der Waals surface area contributed by atoms with Crippen LogP contribution >= 0.6 is 11.8 Å². The first-order chi connectivity index (χ1) is 30.6. The molecule has 4 heterocycles. The van der Waals surface area contributed by atoms with Gasteiger partial charge in [-0.25, -0.2) is 4.68 Å². The van der Waals surface area contributed by atoms with Crippen LogP contribution in [-0.2, 0) is 49.3 Å². The Hall–Kier alpha value is -2.30. The standard InChI is InChI=1S/C47H79N5O12S/c1-27-20-47(8,58-13)43(64-45-40(54)37(50(9)10)19-29(3)60-45)30(4)41(63-38-21-46(7,57-12)42(55)32(6)61-38)31(5)44(56)62-35(24-51(11)22-28(2)39(27)53)26-59-25-33-23-52(49-48-33)34-15-17-36(65-14)18-16-34/h15-18,23,27-32,35,37-43,45,53-55H,19-22,24-26H2,1-14H3/t27-,28-,29-,30+,31-,32+,35+,37+,38+,39+,40-,41+,42+,43-,45+,46-,47-/m1/s1. The lowest BCUT2D eigenvalue weighted by molar-refractivity contribution is -0.319. The number of rotatable bonds is 13. The van der Waals surface area contributed by atoms with Crippen LogP contribution in [0.1, 0.15) is 80.3 Å². The number of thioether (sulfide) groups is 1. The Balaban J connectivity index is 1.50. The van der Waals surface area contributed by atoms with Crippen molar-refractivity contribution in [3.63, 3.8) is 0 Å². The van der Waals surface area contributed by atoms with E-state index in [0.29, 0.717) is 31.6 Å². The van der Waals surface area contributed by atoms with Crippen molar-refractivity contribution in [1.29, 1.82) is 0 Å². The van der Waals surface area contributed by atoms with E-state index in [1.54, 1.807) is 51.4 Å². The minimum atomic E-state index is -1.11. The summed E-state index contributed by atoms with van der Waals surface area (Å²) in [5, 5.41) is 43.4. The van der Waals surface area contributed by atoms with Gasteiger partial charge in [0.1, 0.15) is 24.0 Å². The molecule has 3 N–H and O–H groups in total. The second-order valence-corrected chi connectivity index (χ2v) is 20.5. The molecule has 0 aliphatic carbocycles. The van der Waals surface area contributed by atoms with E-state index in [9.17, 15) is 20.1 Å². The minimum absolute atomic E-state index is 0.0510. The molecule has 3 aliphatic heterocycles. The molecular weight excluding hydrogens is 859 g/mol. The van der Waals surface area contributed by atoms with Crippen LogP contribution < -0.4 is 0 Å². The van der Waals surface area contributed by atoms with Gasteiger partial charge in [-0.2, -0.15) is 0 Å². The lowest BCUT2D eigenvalue weighted by Gasteiger charge is -2.49. The van der Waals surface area contributed by atoms with Crippen LogP contribution in [0.4, 0.5) is 0 Å². The van der Waals surface area contributed by atoms with Crippen LogP contribution in [0.15, 0.2) is 35.4 Å². The van der Waals surface area contributed by atoms with Gasteiger partial charge in [-0.1, -0.05) is 26.0 Å². The van der Waals surface area contributed by atoms with Gasteiger partial charge >= 0.3 is 5.97 Å². The van der Waals surface area contributed by atoms with Crippen LogP contribution in [0.5, 0.6) is 0 Å². The zero-order valence-electron chi connectivity index (χ0n) is 41.2. The van der Waals surface area contributed by atoms with Crippen LogP contribution in [0.25, 0.3) is 5.69 Å². The Morgan fingerprint density at radius 2 is 1.58 bits per heavy atom. The molecule has 0 spiro atoms. The lowest BCUT2D eigenvalue weighted by atomic mass is 9.75. The van der Waals surface area contributed by atoms with Crippen molar-refractivity contribution in [2.45, 2.75) is 165 Å². The number of hydrogen-bond donors (Lipinski definition) is 3. The predicted molar refractivity (Wildman–Crippen MR) is 245 cm³/mol. The number of ether oxygens (including phenoxy) is 8. The van der Waals surface area contributed by atoms with Crippen molar-refractivity contribution in [1.82, 2.24) is 24.8 Å². The first kappa shape index (κ1) is 53.7. The third-order valence-electron chi connectivity index (χ3n) is 14.0. The van der Waals surface area contributed by atoms with Crippen LogP contribution in [0.3, 0.4) is 0 Å². The van der Waals surface area contributed by atoms with Gasteiger partial charge < -0.3 is 63.0 Å². The van der Waals surface area contributed by atoms with Gasteiger partial charge in [0.2, 0.25) is 0 Å². The molecule has 1 aromatic heterocycles. The molecule has 0 radical (unpaired) electrons. The Kier molecular flexibility index (Phi) is 19.3. The molecule has 3 saturated heterocycles. The summed E-state index contributed by atoms with van der Waals surface area (Å²) in [6.07, 6.45) is -3.17. The number of likely N-dealkylation sites (N-methyl/N-ethyl adjacent to an activating group) is 2. The van der Waals surface area contributed by atoms with E-state index in [0.717, 1.165) is 10.6 Å². The fourth-order valence-electron chi connectivity index (χ4n) is 9.97. The molecule has 3 aliphatic rings. The van der Waals surface area contributed by atoms with E-state index < -0.39 is 84.3 Å². The highest BCUT2D eigenvalue weighted by Gasteiger charge is 2.52. The molecule has 1 aromatic carbocycles. The number of nitrogens with zero attached hydrogens (tertiary/aromatic N) is 5. The quantitative estimate of drug-likeness (QED) is 0.192. The number of esters is 1. The summed E-state index contributed by atoms with van der Waals surface area (Å²) in [5.74, 6) is -2.58. The molecule has 370 valence electrons. The van der Waals surface area contributed by atoms with Crippen molar-refractivity contribution < 1.29 is 58.0 Å². The van der Waals surface area contributed by atoms with Gasteiger partial charge in [0.15, 0.2) is 12.6 Å². The first-order valence-corrected chi connectivity index (χ1v) is 24.3. The first-order valence-electron chi connectivity index (χ1n) is 23.1. The fourth-order valence-corrected chi connectivity index (χ4v) is 10.4. The van der Waals surface area contributed by atoms with Crippen LogP contribution in [-0.4, -0.2) is 186 Å². The molecular formula is C47H79N5O12S. The van der Waals surface area contributed by atoms with Gasteiger partial charge in [-0.05, 0) is 111 Å². The molecule has 3 fully saturated rings. The van der Waals surface area contributed by atoms with Crippen molar-refractivity contribution in [3.05, 3.63) is 36.2 Å². The van der Waals surface area contributed by atoms with Crippen molar-refractivity contribution in [2.75, 3.05) is 61.3 Å². The van der Waals surface area contributed by atoms with E-state index in [1.807, 2.05) is 102 Å². The normalized spacial score (nSPS) is 39.7. The van der Waals surface area contributed by atoms with E-state index in [4.69, 9.17) is 37.9 Å². The maximum atomic E-state index is 14.7. The van der Waals surface area contributed by atoms with Crippen molar-refractivity contribution in [3.8, 4) is 5.69 Å². The monoisotopic (exact) mass is 938 g/mol. The minimum Gasteiger partial charge on any atom is -0.458 e. The zero-order valence-corrected chi connectivity index (χ0v) is 42.0. The second kappa shape index (κ2) is 23.3. The van der Waals surface area contributed by atoms with Crippen molar-refractivity contribution in [2.24, 2.45) is 23.7 Å². The van der Waals surface area contributed by atoms with E-state index >= 15 is 0 Å². The molecule has 0 bridgehead atoms. The molecule has 17 atom stereocenters. The number of aliphatic hydroxyl groups excluding tert-OH is 3. The van der Waals surface area contributed by atoms with E-state index in [2.05, 4.69) is 10.3 Å². The molecule has 0 amide bonds. The Morgan fingerprint density at radius 3 is 2.22 bits per heavy atom. The maximum Gasteiger partial charge on any atom is 0.311 e. The van der Waals surface area contributed by atoms with Gasteiger partial charge in [0.05, 0.1) is 72.7 Å². The molecule has 0 saturated carbocycles. The van der Waals surface area contributed by atoms with Gasteiger partial charge in [-0.3, -0.25) is 4.79 Å². The third-order valence-corrected chi connectivity index (χ3v) is 14.7. The topological polar surface area (TPSA) is 189 Å². The molecule has 65 heavy (non-hydrogen) atoms. The summed E-state index contributed by atoms with van der Waals surface area (Å²) in [6, 6.07) is 7.76. The molecule has 18 heteroatoms. The highest BCUT2D eigenvalue weighted by Crippen LogP contribution is 2.41. The average Bonchev–Trinajstić information content (AvgIpc) is 3.74. The Morgan fingerprint density at radius 1 is 0.908 bits per heavy atom. The summed E-state index contributed by atoms with van der Waals surface area (Å²) in [5.41, 5.74) is -0.641. The number of carbonyl (C=O) groups is 1. The summed E-state index contributed by atoms with van der Waals surface area (Å²) >= 11 is 1.66. The summed E-state index contributed by atoms with van der Waals surface area (Å²) in [6.45, 7) is 16.1. The number of cyclic esters (lactones) is 1. The predicted octanol–water partition coefficient (Wildman–Crippen LogP) is 4.16. The number of aromatic nitrogens is 3. The fraction of sp³-hybridized carbons (Fsp3) is 0.809. The SMILES string of the molecule is CO[C@]1(C)C[C@@H](C)[C@H](O)[C@H](C)CN(C)C[C@@H](COCc2cn(-c3ccc(SC)cc3)nn2)OC(=O)[C@H](C)[C@@H](O[C@H]2C[C@@](C)(OC)[C@@H](O)[C@H](C)O2)[C@H](C)[C@H]1O[C@@H]1O[C@H](C)C[C@H](N(C)C)[C@H]1O. The number of hydrogen-bond acceptors (Lipinski definition) is 17. The molecule has 2 aromatic rings. The van der Waals surface area contributed by atoms with Crippen LogP contribution in [0, 0.1) is 23.7 Å². The Labute approximate surface area is 391 Å². The number of aliphatic hydroxyl groups is 3. The lowest BCUT2D eigenvalue weighted by Crippen LogP contribution is -2.61. The summed E-state index contributed by atoms with van der Waals surface area (Å²) in [4.78, 5) is 19.9. The number of benzene rings is 1. The van der Waals surface area contributed by atoms with Gasteiger partial charge in [0.25, 0.3) is 0 Å². The highest BCUT2D eigenvalue weighted by atomic mass is 32.2. The van der Waals surface area contributed by atoms with Gasteiger partial charge in [0, 0.05) is 50.6 Å². The third kappa shape index (κ3) is 13.3. The molecule has 17 nitrogen and oxygen atoms in total.